The molecule has 1 N–H and O–H groups in total. The summed E-state index contributed by atoms with van der Waals surface area (Å²) in [6.07, 6.45) is 4.74. The van der Waals surface area contributed by atoms with Gasteiger partial charge in [-0.3, -0.25) is 4.79 Å². The maximum absolute atomic E-state index is 10.8. The van der Waals surface area contributed by atoms with Crippen LogP contribution in [0, 0.1) is 5.41 Å². The molecule has 1 amide bonds. The summed E-state index contributed by atoms with van der Waals surface area (Å²) >= 11 is 0. The topological polar surface area (TPSA) is 29.1 Å². The monoisotopic (exact) mass is 183 g/mol. The molecule has 0 aliphatic heterocycles. The molecule has 0 bridgehead atoms. The Labute approximate surface area is 81.4 Å². The Morgan fingerprint density at radius 3 is 2.54 bits per heavy atom. The lowest BCUT2D eigenvalue weighted by Gasteiger charge is -2.23. The van der Waals surface area contributed by atoms with Crippen LogP contribution >= 0.6 is 0 Å². The van der Waals surface area contributed by atoms with Gasteiger partial charge in [0, 0.05) is 6.54 Å². The van der Waals surface area contributed by atoms with Gasteiger partial charge in [0.25, 0.3) is 0 Å². The predicted molar refractivity (Wildman–Crippen MR) is 56.5 cm³/mol. The van der Waals surface area contributed by atoms with Gasteiger partial charge in [0.15, 0.2) is 0 Å². The minimum Gasteiger partial charge on any atom is -0.353 e. The average Bonchev–Trinajstić information content (AvgIpc) is 2.03. The Kier molecular flexibility index (Phi) is 5.44. The minimum atomic E-state index is -0.0766. The van der Waals surface area contributed by atoms with Gasteiger partial charge in [-0.05, 0) is 24.3 Å². The van der Waals surface area contributed by atoms with Crippen molar-refractivity contribution in [1.29, 1.82) is 0 Å². The summed E-state index contributed by atoms with van der Waals surface area (Å²) in [4.78, 5) is 10.8. The standard InChI is InChI=1S/C11H21NO/c1-5-7-11(3,4)8-9-12-10(13)6-2/h6H,2,5,7-9H2,1,3-4H3,(H,12,13). The van der Waals surface area contributed by atoms with Gasteiger partial charge in [-0.1, -0.05) is 33.8 Å². The quantitative estimate of drug-likeness (QED) is 0.630. The van der Waals surface area contributed by atoms with E-state index in [2.05, 4.69) is 32.7 Å². The molecule has 0 aliphatic carbocycles. The lowest BCUT2D eigenvalue weighted by atomic mass is 9.85. The summed E-state index contributed by atoms with van der Waals surface area (Å²) in [5.41, 5.74) is 0.337. The van der Waals surface area contributed by atoms with Crippen molar-refractivity contribution in [3.05, 3.63) is 12.7 Å². The Balaban J connectivity index is 3.62. The van der Waals surface area contributed by atoms with Crippen molar-refractivity contribution in [2.24, 2.45) is 5.41 Å². The highest BCUT2D eigenvalue weighted by atomic mass is 16.1. The van der Waals surface area contributed by atoms with Crippen molar-refractivity contribution in [3.8, 4) is 0 Å². The fraction of sp³-hybridized carbons (Fsp3) is 0.727. The SMILES string of the molecule is C=CC(=O)NCCC(C)(C)CCC. The molecule has 0 aromatic heterocycles. The van der Waals surface area contributed by atoms with Crippen LogP contribution in [-0.4, -0.2) is 12.5 Å². The molecule has 2 heteroatoms. The van der Waals surface area contributed by atoms with Crippen molar-refractivity contribution in [1.82, 2.24) is 5.32 Å². The summed E-state index contributed by atoms with van der Waals surface area (Å²) < 4.78 is 0. The molecule has 0 spiro atoms. The molecule has 0 saturated carbocycles. The number of hydrogen-bond donors (Lipinski definition) is 1. The zero-order valence-corrected chi connectivity index (χ0v) is 9.02. The third kappa shape index (κ3) is 6.38. The highest BCUT2D eigenvalue weighted by Crippen LogP contribution is 2.25. The van der Waals surface area contributed by atoms with Crippen LogP contribution in [0.15, 0.2) is 12.7 Å². The number of carbonyl (C=O) groups excluding carboxylic acids is 1. The van der Waals surface area contributed by atoms with Gasteiger partial charge in [-0.15, -0.1) is 0 Å². The summed E-state index contributed by atoms with van der Waals surface area (Å²) in [5, 5.41) is 2.79. The fourth-order valence-corrected chi connectivity index (χ4v) is 1.40. The second-order valence-corrected chi connectivity index (χ2v) is 4.16. The lowest BCUT2D eigenvalue weighted by Crippen LogP contribution is -2.26. The summed E-state index contributed by atoms with van der Waals surface area (Å²) in [6, 6.07) is 0. The molecule has 0 heterocycles. The third-order valence-electron chi connectivity index (χ3n) is 2.21. The van der Waals surface area contributed by atoms with Gasteiger partial charge in [0.1, 0.15) is 0 Å². The van der Waals surface area contributed by atoms with Crippen LogP contribution in [0.3, 0.4) is 0 Å². The van der Waals surface area contributed by atoms with Gasteiger partial charge in [-0.2, -0.15) is 0 Å². The van der Waals surface area contributed by atoms with Gasteiger partial charge in [0.05, 0.1) is 0 Å². The second kappa shape index (κ2) is 5.79. The molecular formula is C11H21NO. The fourth-order valence-electron chi connectivity index (χ4n) is 1.40. The molecule has 2 nitrogen and oxygen atoms in total. The third-order valence-corrected chi connectivity index (χ3v) is 2.21. The zero-order chi connectivity index (χ0) is 10.3. The first-order valence-electron chi connectivity index (χ1n) is 4.92. The van der Waals surface area contributed by atoms with Crippen LogP contribution in [-0.2, 0) is 4.79 Å². The van der Waals surface area contributed by atoms with Crippen molar-refractivity contribution >= 4 is 5.91 Å². The van der Waals surface area contributed by atoms with Gasteiger partial charge in [-0.25, -0.2) is 0 Å². The molecule has 0 aromatic carbocycles. The molecule has 0 atom stereocenters. The van der Waals surface area contributed by atoms with Crippen LogP contribution in [0.4, 0.5) is 0 Å². The number of carbonyl (C=O) groups is 1. The molecule has 0 saturated heterocycles. The molecule has 13 heavy (non-hydrogen) atoms. The number of rotatable bonds is 6. The van der Waals surface area contributed by atoms with Crippen LogP contribution < -0.4 is 5.32 Å². The number of nitrogens with one attached hydrogen (secondary N) is 1. The van der Waals surface area contributed by atoms with Crippen molar-refractivity contribution in [2.75, 3.05) is 6.54 Å². The molecule has 0 unspecified atom stereocenters. The van der Waals surface area contributed by atoms with E-state index in [0.717, 1.165) is 13.0 Å². The normalized spacial score (nSPS) is 11.0. The van der Waals surface area contributed by atoms with E-state index < -0.39 is 0 Å². The Morgan fingerprint density at radius 2 is 2.08 bits per heavy atom. The van der Waals surface area contributed by atoms with Crippen molar-refractivity contribution < 1.29 is 4.79 Å². The van der Waals surface area contributed by atoms with Crippen molar-refractivity contribution in [3.63, 3.8) is 0 Å². The zero-order valence-electron chi connectivity index (χ0n) is 9.02. The summed E-state index contributed by atoms with van der Waals surface area (Å²) in [6.45, 7) is 10.8. The lowest BCUT2D eigenvalue weighted by molar-refractivity contribution is -0.116. The first-order valence-corrected chi connectivity index (χ1v) is 4.92. The van der Waals surface area contributed by atoms with Crippen LogP contribution in [0.5, 0.6) is 0 Å². The van der Waals surface area contributed by atoms with E-state index in [1.165, 1.54) is 18.9 Å². The van der Waals surface area contributed by atoms with E-state index in [9.17, 15) is 4.79 Å². The van der Waals surface area contributed by atoms with E-state index in [1.807, 2.05) is 0 Å². The van der Waals surface area contributed by atoms with E-state index in [1.54, 1.807) is 0 Å². The molecule has 0 fully saturated rings. The first-order chi connectivity index (χ1) is 6.02. The molecular weight excluding hydrogens is 162 g/mol. The van der Waals surface area contributed by atoms with Gasteiger partial charge in [0.2, 0.25) is 5.91 Å². The molecule has 0 aromatic rings. The Morgan fingerprint density at radius 1 is 1.46 bits per heavy atom. The molecule has 0 aliphatic rings. The van der Waals surface area contributed by atoms with E-state index in [-0.39, 0.29) is 5.91 Å². The highest BCUT2D eigenvalue weighted by Gasteiger charge is 2.15. The predicted octanol–water partition coefficient (Wildman–Crippen LogP) is 2.51. The van der Waals surface area contributed by atoms with Crippen LogP contribution in [0.25, 0.3) is 0 Å². The maximum atomic E-state index is 10.8. The molecule has 76 valence electrons. The van der Waals surface area contributed by atoms with Crippen LogP contribution in [0.1, 0.15) is 40.0 Å². The second-order valence-electron chi connectivity index (χ2n) is 4.16. The maximum Gasteiger partial charge on any atom is 0.243 e. The molecule has 0 rings (SSSR count). The summed E-state index contributed by atoms with van der Waals surface area (Å²) in [7, 11) is 0. The largest absolute Gasteiger partial charge is 0.353 e. The smallest absolute Gasteiger partial charge is 0.243 e. The molecule has 0 radical (unpaired) electrons. The van der Waals surface area contributed by atoms with Crippen LogP contribution in [0.2, 0.25) is 0 Å². The minimum absolute atomic E-state index is 0.0766. The Hall–Kier alpha value is -0.790. The average molecular weight is 183 g/mol. The van der Waals surface area contributed by atoms with Gasteiger partial charge >= 0.3 is 0 Å². The van der Waals surface area contributed by atoms with E-state index in [4.69, 9.17) is 0 Å². The first kappa shape index (κ1) is 12.2. The van der Waals surface area contributed by atoms with E-state index >= 15 is 0 Å². The highest BCUT2D eigenvalue weighted by molar-refractivity contribution is 5.86. The Bertz CT molecular complexity index is 173. The number of amides is 1. The van der Waals surface area contributed by atoms with Crippen molar-refractivity contribution in [2.45, 2.75) is 40.0 Å². The van der Waals surface area contributed by atoms with E-state index in [0.29, 0.717) is 5.41 Å². The summed E-state index contributed by atoms with van der Waals surface area (Å²) in [5.74, 6) is -0.0766. The number of hydrogen-bond acceptors (Lipinski definition) is 1. The van der Waals surface area contributed by atoms with Gasteiger partial charge < -0.3 is 5.32 Å².